The number of hydrogen-bond acceptors (Lipinski definition) is 7. The summed E-state index contributed by atoms with van der Waals surface area (Å²) in [4.78, 5) is 28.8. The van der Waals surface area contributed by atoms with Gasteiger partial charge in [0.1, 0.15) is 23.4 Å². The summed E-state index contributed by atoms with van der Waals surface area (Å²) in [6, 6.07) is 2.79. The number of furan rings is 1. The minimum Gasteiger partial charge on any atom is -0.457 e. The number of rotatable bonds is 6. The molecule has 1 aliphatic rings. The fraction of sp³-hybridized carbons (Fsp3) is 0.294. The lowest BCUT2D eigenvalue weighted by molar-refractivity contribution is 0.0933. The van der Waals surface area contributed by atoms with Crippen molar-refractivity contribution in [3.05, 3.63) is 35.9 Å². The van der Waals surface area contributed by atoms with Crippen molar-refractivity contribution in [2.75, 3.05) is 24.7 Å². The van der Waals surface area contributed by atoms with E-state index in [2.05, 4.69) is 31.3 Å². The van der Waals surface area contributed by atoms with Crippen molar-refractivity contribution in [2.24, 2.45) is 0 Å². The summed E-state index contributed by atoms with van der Waals surface area (Å²) in [6.07, 6.45) is 2.07. The van der Waals surface area contributed by atoms with Crippen LogP contribution in [-0.4, -0.2) is 52.7 Å². The van der Waals surface area contributed by atoms with Crippen LogP contribution in [-0.2, 0) is 0 Å². The first kappa shape index (κ1) is 17.8. The van der Waals surface area contributed by atoms with E-state index < -0.39 is 24.0 Å². The van der Waals surface area contributed by atoms with Gasteiger partial charge in [0.25, 0.3) is 11.8 Å². The van der Waals surface area contributed by atoms with E-state index in [1.807, 2.05) is 0 Å². The standard InChI is InChI=1S/C17H18FN7O3/c1-19-13-6-12(22-10-3-4-28-14(10)17(27)20-2)24-15-8(7-21-25(13)15)16(26)23-11-5-9(11)18/h3-4,6-7,9,11,19H,5H2,1-2H3,(H,20,27)(H,22,24)(H,23,26)/t9-,11+/m0/s1. The van der Waals surface area contributed by atoms with Crippen LogP contribution in [0.15, 0.2) is 29.0 Å². The van der Waals surface area contributed by atoms with Crippen molar-refractivity contribution in [3.63, 3.8) is 0 Å². The second-order valence-corrected chi connectivity index (χ2v) is 6.27. The largest absolute Gasteiger partial charge is 0.457 e. The number of nitrogens with one attached hydrogen (secondary N) is 4. The van der Waals surface area contributed by atoms with E-state index in [9.17, 15) is 14.0 Å². The second kappa shape index (κ2) is 6.83. The number of hydrogen-bond donors (Lipinski definition) is 4. The van der Waals surface area contributed by atoms with Crippen LogP contribution in [0.25, 0.3) is 5.65 Å². The number of amides is 2. The molecule has 1 saturated carbocycles. The molecule has 1 fully saturated rings. The minimum atomic E-state index is -1.01. The molecule has 0 bridgehead atoms. The van der Waals surface area contributed by atoms with Crippen LogP contribution in [0.2, 0.25) is 0 Å². The normalized spacial score (nSPS) is 18.0. The third-order valence-electron chi connectivity index (χ3n) is 4.36. The lowest BCUT2D eigenvalue weighted by Crippen LogP contribution is -2.27. The number of carbonyl (C=O) groups excluding carboxylic acids is 2. The molecule has 10 nitrogen and oxygen atoms in total. The predicted octanol–water partition coefficient (Wildman–Crippen LogP) is 1.31. The van der Waals surface area contributed by atoms with Crippen molar-refractivity contribution >= 4 is 34.8 Å². The molecule has 0 saturated heterocycles. The lowest BCUT2D eigenvalue weighted by atomic mass is 10.3. The monoisotopic (exact) mass is 387 g/mol. The van der Waals surface area contributed by atoms with Crippen LogP contribution >= 0.6 is 0 Å². The number of carbonyl (C=O) groups is 2. The summed E-state index contributed by atoms with van der Waals surface area (Å²) in [7, 11) is 3.20. The van der Waals surface area contributed by atoms with Crippen LogP contribution in [0.5, 0.6) is 0 Å². The molecule has 0 aliphatic heterocycles. The van der Waals surface area contributed by atoms with Crippen LogP contribution in [0.3, 0.4) is 0 Å². The number of alkyl halides is 1. The molecule has 0 spiro atoms. The Kier molecular flexibility index (Phi) is 4.34. The van der Waals surface area contributed by atoms with E-state index >= 15 is 0 Å². The SMILES string of the molecule is CNC(=O)c1occc1Nc1cc(NC)n2ncc(C(=O)N[C@@H]3C[C@@H]3F)c2n1. The smallest absolute Gasteiger partial charge is 0.288 e. The molecule has 2 atom stereocenters. The molecule has 4 N–H and O–H groups in total. The summed E-state index contributed by atoms with van der Waals surface area (Å²) < 4.78 is 19.8. The van der Waals surface area contributed by atoms with E-state index in [4.69, 9.17) is 4.42 Å². The molecule has 28 heavy (non-hydrogen) atoms. The molecule has 0 radical (unpaired) electrons. The predicted molar refractivity (Wildman–Crippen MR) is 98.7 cm³/mol. The van der Waals surface area contributed by atoms with Crippen LogP contribution < -0.4 is 21.3 Å². The molecular formula is C17H18FN7O3. The first-order chi connectivity index (χ1) is 13.5. The van der Waals surface area contributed by atoms with E-state index in [-0.39, 0.29) is 17.0 Å². The maximum Gasteiger partial charge on any atom is 0.288 e. The Morgan fingerprint density at radius 2 is 2.11 bits per heavy atom. The maximum absolute atomic E-state index is 13.1. The van der Waals surface area contributed by atoms with Gasteiger partial charge in [-0.05, 0) is 0 Å². The Bertz CT molecular complexity index is 1060. The van der Waals surface area contributed by atoms with Gasteiger partial charge in [0, 0.05) is 32.6 Å². The van der Waals surface area contributed by atoms with Gasteiger partial charge in [-0.2, -0.15) is 9.61 Å². The second-order valence-electron chi connectivity index (χ2n) is 6.27. The molecule has 3 heterocycles. The molecule has 3 aromatic rings. The third-order valence-corrected chi connectivity index (χ3v) is 4.36. The van der Waals surface area contributed by atoms with Crippen LogP contribution in [0.4, 0.5) is 21.7 Å². The Labute approximate surface area is 158 Å². The Balaban J connectivity index is 1.69. The molecule has 3 aromatic heterocycles. The van der Waals surface area contributed by atoms with Gasteiger partial charge >= 0.3 is 0 Å². The molecule has 4 rings (SSSR count). The van der Waals surface area contributed by atoms with Crippen LogP contribution in [0, 0.1) is 0 Å². The van der Waals surface area contributed by atoms with Crippen molar-refractivity contribution in [2.45, 2.75) is 18.6 Å². The molecule has 1 aliphatic carbocycles. The highest BCUT2D eigenvalue weighted by molar-refractivity contribution is 6.00. The summed E-state index contributed by atoms with van der Waals surface area (Å²) >= 11 is 0. The highest BCUT2D eigenvalue weighted by Gasteiger charge is 2.39. The molecule has 0 unspecified atom stereocenters. The summed E-state index contributed by atoms with van der Waals surface area (Å²) in [5.41, 5.74) is 0.924. The van der Waals surface area contributed by atoms with Crippen molar-refractivity contribution in [3.8, 4) is 0 Å². The van der Waals surface area contributed by atoms with E-state index in [1.165, 1.54) is 24.0 Å². The van der Waals surface area contributed by atoms with Crippen LogP contribution in [0.1, 0.15) is 27.3 Å². The molecule has 0 aromatic carbocycles. The van der Waals surface area contributed by atoms with Gasteiger partial charge in [0.2, 0.25) is 5.76 Å². The fourth-order valence-corrected chi connectivity index (χ4v) is 2.76. The van der Waals surface area contributed by atoms with Crippen molar-refractivity contribution < 1.29 is 18.4 Å². The lowest BCUT2D eigenvalue weighted by Gasteiger charge is -2.10. The third kappa shape index (κ3) is 3.10. The average molecular weight is 387 g/mol. The highest BCUT2D eigenvalue weighted by atomic mass is 19.1. The first-order valence-electron chi connectivity index (χ1n) is 8.60. The summed E-state index contributed by atoms with van der Waals surface area (Å²) in [5, 5.41) is 15.3. The number of halogens is 1. The summed E-state index contributed by atoms with van der Waals surface area (Å²) in [6.45, 7) is 0. The zero-order valence-corrected chi connectivity index (χ0v) is 15.1. The number of nitrogens with zero attached hydrogens (tertiary/aromatic N) is 3. The molecular weight excluding hydrogens is 369 g/mol. The van der Waals surface area contributed by atoms with Crippen molar-refractivity contribution in [1.29, 1.82) is 0 Å². The minimum absolute atomic E-state index is 0.101. The van der Waals surface area contributed by atoms with E-state index in [0.717, 1.165) is 0 Å². The summed E-state index contributed by atoms with van der Waals surface area (Å²) in [5.74, 6) is 0.196. The van der Waals surface area contributed by atoms with Gasteiger partial charge in [-0.15, -0.1) is 0 Å². The number of aromatic nitrogens is 3. The zero-order chi connectivity index (χ0) is 19.8. The number of anilines is 3. The fourth-order valence-electron chi connectivity index (χ4n) is 2.76. The highest BCUT2D eigenvalue weighted by Crippen LogP contribution is 2.27. The molecule has 146 valence electrons. The quantitative estimate of drug-likeness (QED) is 0.502. The van der Waals surface area contributed by atoms with E-state index in [1.54, 1.807) is 19.2 Å². The van der Waals surface area contributed by atoms with Gasteiger partial charge in [-0.1, -0.05) is 0 Å². The van der Waals surface area contributed by atoms with Crippen molar-refractivity contribution in [1.82, 2.24) is 25.2 Å². The van der Waals surface area contributed by atoms with E-state index in [0.29, 0.717) is 23.7 Å². The number of fused-ring (bicyclic) bond motifs is 1. The molecule has 2 amide bonds. The topological polar surface area (TPSA) is 126 Å². The maximum atomic E-state index is 13.1. The van der Waals surface area contributed by atoms with Gasteiger partial charge in [-0.25, -0.2) is 9.37 Å². The van der Waals surface area contributed by atoms with Gasteiger partial charge in [-0.3, -0.25) is 9.59 Å². The average Bonchev–Trinajstić information content (AvgIpc) is 3.08. The van der Waals surface area contributed by atoms with Gasteiger partial charge in [0.05, 0.1) is 24.2 Å². The zero-order valence-electron chi connectivity index (χ0n) is 15.1. The Morgan fingerprint density at radius 1 is 1.32 bits per heavy atom. The Hall–Kier alpha value is -3.63. The first-order valence-corrected chi connectivity index (χ1v) is 8.60. The van der Waals surface area contributed by atoms with Gasteiger partial charge < -0.3 is 25.7 Å². The Morgan fingerprint density at radius 3 is 2.79 bits per heavy atom. The van der Waals surface area contributed by atoms with Gasteiger partial charge in [0.15, 0.2) is 5.65 Å². The molecule has 11 heteroatoms.